The van der Waals surface area contributed by atoms with Crippen LogP contribution in [0.1, 0.15) is 34.8 Å². The molecule has 1 aromatic heterocycles. The maximum absolute atomic E-state index is 11.6. The lowest BCUT2D eigenvalue weighted by Crippen LogP contribution is -2.07. The third-order valence-electron chi connectivity index (χ3n) is 3.50. The molecule has 2 aromatic rings. The molecular weight excluding hydrogens is 270 g/mol. The third-order valence-corrected chi connectivity index (χ3v) is 3.50. The fraction of sp³-hybridized carbons (Fsp3) is 0.312. The quantitative estimate of drug-likeness (QED) is 0.878. The van der Waals surface area contributed by atoms with E-state index in [4.69, 9.17) is 14.2 Å². The van der Waals surface area contributed by atoms with Gasteiger partial charge in [-0.05, 0) is 24.6 Å². The summed E-state index contributed by atoms with van der Waals surface area (Å²) in [7, 11) is 1.64. The maximum Gasteiger partial charge on any atom is 0.354 e. The monoisotopic (exact) mass is 287 g/mol. The minimum atomic E-state index is -0.350. The van der Waals surface area contributed by atoms with E-state index >= 15 is 0 Å². The van der Waals surface area contributed by atoms with Crippen molar-refractivity contribution in [3.63, 3.8) is 0 Å². The Morgan fingerprint density at radius 1 is 1.38 bits per heavy atom. The van der Waals surface area contributed by atoms with Gasteiger partial charge < -0.3 is 19.2 Å². The Morgan fingerprint density at radius 2 is 2.14 bits per heavy atom. The molecule has 1 unspecified atom stereocenters. The first kappa shape index (κ1) is 13.5. The van der Waals surface area contributed by atoms with Crippen molar-refractivity contribution in [3.05, 3.63) is 47.3 Å². The van der Waals surface area contributed by atoms with Gasteiger partial charge in [-0.15, -0.1) is 0 Å². The Balaban J connectivity index is 1.73. The van der Waals surface area contributed by atoms with Crippen molar-refractivity contribution in [1.82, 2.24) is 4.98 Å². The number of carbonyl (C=O) groups excluding carboxylic acids is 1. The molecule has 0 saturated heterocycles. The van der Waals surface area contributed by atoms with Crippen molar-refractivity contribution in [2.45, 2.75) is 19.4 Å². The average Bonchev–Trinajstić information content (AvgIpc) is 3.06. The second-order valence-electron chi connectivity index (χ2n) is 4.83. The van der Waals surface area contributed by atoms with Crippen LogP contribution in [-0.4, -0.2) is 24.7 Å². The molecular formula is C16H17NO4. The van der Waals surface area contributed by atoms with E-state index in [0.717, 1.165) is 22.8 Å². The Kier molecular flexibility index (Phi) is 3.56. The molecule has 0 fully saturated rings. The highest BCUT2D eigenvalue weighted by Gasteiger charge is 2.28. The number of esters is 1. The van der Waals surface area contributed by atoms with Crippen LogP contribution in [0, 0.1) is 0 Å². The van der Waals surface area contributed by atoms with Crippen LogP contribution >= 0.6 is 0 Å². The fourth-order valence-electron chi connectivity index (χ4n) is 2.44. The van der Waals surface area contributed by atoms with Crippen LogP contribution in [0.3, 0.4) is 0 Å². The number of hydrogen-bond acceptors (Lipinski definition) is 4. The number of benzene rings is 1. The first-order valence-corrected chi connectivity index (χ1v) is 6.91. The molecule has 2 heterocycles. The van der Waals surface area contributed by atoms with E-state index < -0.39 is 0 Å². The predicted molar refractivity (Wildman–Crippen MR) is 76.8 cm³/mol. The van der Waals surface area contributed by atoms with Gasteiger partial charge in [-0.25, -0.2) is 4.79 Å². The highest BCUT2D eigenvalue weighted by Crippen LogP contribution is 2.37. The summed E-state index contributed by atoms with van der Waals surface area (Å²) in [5.74, 6) is 1.19. The number of carbonyl (C=O) groups is 1. The average molecular weight is 287 g/mol. The van der Waals surface area contributed by atoms with Gasteiger partial charge in [0.2, 0.25) is 0 Å². The highest BCUT2D eigenvalue weighted by molar-refractivity contribution is 5.88. The minimum Gasteiger partial charge on any atom is -0.497 e. The second-order valence-corrected chi connectivity index (χ2v) is 4.83. The first-order chi connectivity index (χ1) is 10.2. The Morgan fingerprint density at radius 3 is 2.76 bits per heavy atom. The lowest BCUT2D eigenvalue weighted by molar-refractivity contribution is 0.0519. The van der Waals surface area contributed by atoms with Crippen molar-refractivity contribution < 1.29 is 19.0 Å². The van der Waals surface area contributed by atoms with E-state index in [0.29, 0.717) is 18.7 Å². The smallest absolute Gasteiger partial charge is 0.354 e. The van der Waals surface area contributed by atoms with Crippen LogP contribution in [0.2, 0.25) is 0 Å². The van der Waals surface area contributed by atoms with Gasteiger partial charge in [-0.2, -0.15) is 0 Å². The number of rotatable bonds is 4. The van der Waals surface area contributed by atoms with Crippen molar-refractivity contribution >= 4 is 5.97 Å². The molecule has 0 saturated carbocycles. The van der Waals surface area contributed by atoms with Gasteiger partial charge in [0.15, 0.2) is 0 Å². The molecule has 0 bridgehead atoms. The summed E-state index contributed by atoms with van der Waals surface area (Å²) in [6.45, 7) is 2.14. The molecule has 110 valence electrons. The van der Waals surface area contributed by atoms with Crippen LogP contribution in [0.4, 0.5) is 0 Å². The predicted octanol–water partition coefficient (Wildman–Crippen LogP) is 2.88. The molecule has 5 heteroatoms. The molecule has 3 rings (SSSR count). The van der Waals surface area contributed by atoms with Gasteiger partial charge in [-0.3, -0.25) is 0 Å². The minimum absolute atomic E-state index is 0.0339. The van der Waals surface area contributed by atoms with Crippen LogP contribution in [0.15, 0.2) is 30.3 Å². The molecule has 21 heavy (non-hydrogen) atoms. The van der Waals surface area contributed by atoms with Crippen LogP contribution in [0.5, 0.6) is 11.5 Å². The Hall–Kier alpha value is -2.43. The van der Waals surface area contributed by atoms with Gasteiger partial charge in [0.05, 0.1) is 19.4 Å². The first-order valence-electron chi connectivity index (χ1n) is 6.91. The number of ether oxygens (including phenoxy) is 3. The summed E-state index contributed by atoms with van der Waals surface area (Å²) < 4.78 is 16.0. The van der Waals surface area contributed by atoms with E-state index in [1.54, 1.807) is 20.1 Å². The standard InChI is InChI=1S/C16H17NO4/c1-3-20-16(18)13-9-15-12(17-13)8-14(21-15)10-4-6-11(19-2)7-5-10/h4-7,9,14,17H,3,8H2,1-2H3. The van der Waals surface area contributed by atoms with Crippen LogP contribution < -0.4 is 9.47 Å². The normalized spacial score (nSPS) is 16.2. The summed E-state index contributed by atoms with van der Waals surface area (Å²) >= 11 is 0. The fourth-order valence-corrected chi connectivity index (χ4v) is 2.44. The largest absolute Gasteiger partial charge is 0.497 e. The van der Waals surface area contributed by atoms with Gasteiger partial charge in [0.1, 0.15) is 23.3 Å². The summed E-state index contributed by atoms with van der Waals surface area (Å²) in [6.07, 6.45) is 0.676. The Labute approximate surface area is 122 Å². The summed E-state index contributed by atoms with van der Waals surface area (Å²) in [6, 6.07) is 9.50. The lowest BCUT2D eigenvalue weighted by atomic mass is 10.1. The van der Waals surface area contributed by atoms with E-state index in [2.05, 4.69) is 4.98 Å². The summed E-state index contributed by atoms with van der Waals surface area (Å²) in [4.78, 5) is 14.7. The third kappa shape index (κ3) is 2.59. The number of hydrogen-bond donors (Lipinski definition) is 1. The zero-order valence-corrected chi connectivity index (χ0v) is 12.0. The highest BCUT2D eigenvalue weighted by atomic mass is 16.5. The zero-order valence-electron chi connectivity index (χ0n) is 12.0. The number of H-pyrrole nitrogens is 1. The number of fused-ring (bicyclic) bond motifs is 1. The molecule has 1 aliphatic rings. The number of nitrogens with one attached hydrogen (secondary N) is 1. The van der Waals surface area contributed by atoms with E-state index in [9.17, 15) is 4.79 Å². The van der Waals surface area contributed by atoms with E-state index in [1.165, 1.54) is 0 Å². The second kappa shape index (κ2) is 5.52. The molecule has 1 atom stereocenters. The van der Waals surface area contributed by atoms with Gasteiger partial charge >= 0.3 is 5.97 Å². The molecule has 1 aliphatic heterocycles. The van der Waals surface area contributed by atoms with Crippen molar-refractivity contribution in [1.29, 1.82) is 0 Å². The SMILES string of the molecule is CCOC(=O)c1cc2c([nH]1)CC(c1ccc(OC)cc1)O2. The topological polar surface area (TPSA) is 60.6 Å². The number of aromatic amines is 1. The summed E-state index contributed by atoms with van der Waals surface area (Å²) in [5, 5.41) is 0. The maximum atomic E-state index is 11.6. The van der Waals surface area contributed by atoms with Crippen LogP contribution in [0.25, 0.3) is 0 Å². The lowest BCUT2D eigenvalue weighted by Gasteiger charge is -2.11. The van der Waals surface area contributed by atoms with Crippen LogP contribution in [-0.2, 0) is 11.2 Å². The summed E-state index contributed by atoms with van der Waals surface area (Å²) in [5.41, 5.74) is 2.45. The van der Waals surface area contributed by atoms with Crippen molar-refractivity contribution in [2.24, 2.45) is 0 Å². The number of aromatic nitrogens is 1. The van der Waals surface area contributed by atoms with Gasteiger partial charge in [0, 0.05) is 12.5 Å². The van der Waals surface area contributed by atoms with Gasteiger partial charge in [0.25, 0.3) is 0 Å². The molecule has 1 N–H and O–H groups in total. The van der Waals surface area contributed by atoms with E-state index in [-0.39, 0.29) is 12.1 Å². The van der Waals surface area contributed by atoms with Crippen molar-refractivity contribution in [3.8, 4) is 11.5 Å². The number of methoxy groups -OCH3 is 1. The zero-order chi connectivity index (χ0) is 14.8. The molecule has 1 aromatic carbocycles. The Bertz CT molecular complexity index is 621. The molecule has 0 amide bonds. The molecule has 0 radical (unpaired) electrons. The van der Waals surface area contributed by atoms with Gasteiger partial charge in [-0.1, -0.05) is 12.1 Å². The molecule has 0 spiro atoms. The molecule has 0 aliphatic carbocycles. The molecule has 5 nitrogen and oxygen atoms in total. The van der Waals surface area contributed by atoms with E-state index in [1.807, 2.05) is 24.3 Å². The van der Waals surface area contributed by atoms with Crippen molar-refractivity contribution in [2.75, 3.05) is 13.7 Å².